The molecule has 0 radical (unpaired) electrons. The molecule has 0 heterocycles. The topological polar surface area (TPSA) is 61.7 Å². The monoisotopic (exact) mass is 267 g/mol. The Labute approximate surface area is 115 Å². The maximum absolute atomic E-state index is 9.46. The van der Waals surface area contributed by atoms with Crippen LogP contribution in [-0.4, -0.2) is 41.6 Å². The molecule has 4 nitrogen and oxygen atoms in total. The average Bonchev–Trinajstić information content (AvgIpc) is 2.38. The lowest BCUT2D eigenvalue weighted by Crippen LogP contribution is -2.53. The van der Waals surface area contributed by atoms with E-state index in [4.69, 9.17) is 9.84 Å². The Morgan fingerprint density at radius 3 is 2.32 bits per heavy atom. The molecule has 1 unspecified atom stereocenters. The van der Waals surface area contributed by atoms with Gasteiger partial charge in [-0.3, -0.25) is 0 Å². The fourth-order valence-corrected chi connectivity index (χ4v) is 1.95. The van der Waals surface area contributed by atoms with Crippen molar-refractivity contribution < 1.29 is 14.9 Å². The minimum absolute atomic E-state index is 0.0216. The first kappa shape index (κ1) is 16.0. The first-order chi connectivity index (χ1) is 8.99. The van der Waals surface area contributed by atoms with Crippen LogP contribution in [0.1, 0.15) is 26.3 Å². The summed E-state index contributed by atoms with van der Waals surface area (Å²) in [5.41, 5.74) is 0.637. The van der Waals surface area contributed by atoms with E-state index in [0.717, 1.165) is 11.3 Å². The van der Waals surface area contributed by atoms with Crippen LogP contribution in [-0.2, 0) is 6.42 Å². The summed E-state index contributed by atoms with van der Waals surface area (Å²) >= 11 is 0. The van der Waals surface area contributed by atoms with Crippen molar-refractivity contribution in [3.05, 3.63) is 29.8 Å². The van der Waals surface area contributed by atoms with Gasteiger partial charge in [-0.1, -0.05) is 26.0 Å². The van der Waals surface area contributed by atoms with E-state index >= 15 is 0 Å². The average molecular weight is 267 g/mol. The molecule has 19 heavy (non-hydrogen) atoms. The Hall–Kier alpha value is -1.10. The second kappa shape index (κ2) is 7.48. The molecule has 1 aromatic rings. The number of hydrogen-bond acceptors (Lipinski definition) is 4. The van der Waals surface area contributed by atoms with E-state index < -0.39 is 5.54 Å². The molecule has 0 saturated carbocycles. The van der Waals surface area contributed by atoms with Crippen molar-refractivity contribution in [1.82, 2.24) is 5.32 Å². The van der Waals surface area contributed by atoms with E-state index in [1.807, 2.05) is 45.0 Å². The fraction of sp³-hybridized carbons (Fsp3) is 0.600. The summed E-state index contributed by atoms with van der Waals surface area (Å²) in [6.07, 6.45) is 0.656. The van der Waals surface area contributed by atoms with Crippen LogP contribution in [0.3, 0.4) is 0 Å². The number of aliphatic hydroxyl groups excluding tert-OH is 2. The normalized spacial score (nSPS) is 14.4. The van der Waals surface area contributed by atoms with Gasteiger partial charge in [0.1, 0.15) is 12.4 Å². The molecule has 108 valence electrons. The van der Waals surface area contributed by atoms with Gasteiger partial charge in [0.25, 0.3) is 0 Å². The Bertz CT molecular complexity index is 364. The van der Waals surface area contributed by atoms with E-state index in [1.165, 1.54) is 0 Å². The molecule has 1 atom stereocenters. The van der Waals surface area contributed by atoms with Crippen LogP contribution in [0.5, 0.6) is 5.75 Å². The lowest BCUT2D eigenvalue weighted by molar-refractivity contribution is 0.109. The van der Waals surface area contributed by atoms with Crippen molar-refractivity contribution >= 4 is 0 Å². The maximum Gasteiger partial charge on any atom is 0.119 e. The predicted octanol–water partition coefficient (Wildman–Crippen LogP) is 1.35. The number of hydrogen-bond donors (Lipinski definition) is 3. The lowest BCUT2D eigenvalue weighted by Gasteiger charge is -2.30. The number of ether oxygens (including phenoxy) is 1. The van der Waals surface area contributed by atoms with Gasteiger partial charge < -0.3 is 20.3 Å². The van der Waals surface area contributed by atoms with Gasteiger partial charge in [0.05, 0.1) is 12.1 Å². The summed E-state index contributed by atoms with van der Waals surface area (Å²) in [4.78, 5) is 0. The molecule has 3 N–H and O–H groups in total. The molecular weight excluding hydrogens is 242 g/mol. The summed E-state index contributed by atoms with van der Waals surface area (Å²) in [5.74, 6) is 0.770. The van der Waals surface area contributed by atoms with Gasteiger partial charge >= 0.3 is 0 Å². The van der Waals surface area contributed by atoms with Crippen LogP contribution < -0.4 is 10.1 Å². The Morgan fingerprint density at radius 2 is 1.84 bits per heavy atom. The molecule has 0 aliphatic heterocycles. The molecule has 1 aromatic carbocycles. The standard InChI is InChI=1S/C15H25NO3/c1-12(2)16-15(3,10-18)11-19-14-6-4-13(5-7-14)8-9-17/h4-7,12,16-18H,8-11H2,1-3H3. The van der Waals surface area contributed by atoms with Gasteiger partial charge in [-0.05, 0) is 31.0 Å². The van der Waals surface area contributed by atoms with Crippen molar-refractivity contribution in [3.8, 4) is 5.75 Å². The molecule has 1 rings (SSSR count). The number of aliphatic hydroxyl groups is 2. The third-order valence-electron chi connectivity index (χ3n) is 2.87. The van der Waals surface area contributed by atoms with E-state index in [0.29, 0.717) is 13.0 Å². The highest BCUT2D eigenvalue weighted by Crippen LogP contribution is 2.15. The van der Waals surface area contributed by atoms with Gasteiger partial charge in [-0.25, -0.2) is 0 Å². The third kappa shape index (κ3) is 5.59. The zero-order valence-corrected chi connectivity index (χ0v) is 12.0. The summed E-state index contributed by atoms with van der Waals surface area (Å²) in [6.45, 7) is 6.60. The maximum atomic E-state index is 9.46. The first-order valence-electron chi connectivity index (χ1n) is 6.70. The molecule has 0 fully saturated rings. The van der Waals surface area contributed by atoms with Gasteiger partial charge in [-0.15, -0.1) is 0 Å². The summed E-state index contributed by atoms with van der Waals surface area (Å²) in [5, 5.41) is 21.6. The van der Waals surface area contributed by atoms with Gasteiger partial charge in [0.2, 0.25) is 0 Å². The van der Waals surface area contributed by atoms with Crippen molar-refractivity contribution in [2.24, 2.45) is 0 Å². The highest BCUT2D eigenvalue weighted by Gasteiger charge is 2.24. The zero-order chi connectivity index (χ0) is 14.3. The van der Waals surface area contributed by atoms with E-state index in [-0.39, 0.29) is 19.3 Å². The van der Waals surface area contributed by atoms with Crippen molar-refractivity contribution in [2.45, 2.75) is 38.8 Å². The highest BCUT2D eigenvalue weighted by atomic mass is 16.5. The minimum atomic E-state index is -0.446. The second-order valence-corrected chi connectivity index (χ2v) is 5.42. The van der Waals surface area contributed by atoms with Crippen molar-refractivity contribution in [2.75, 3.05) is 19.8 Å². The summed E-state index contributed by atoms with van der Waals surface area (Å²) in [7, 11) is 0. The molecule has 0 aromatic heterocycles. The van der Waals surface area contributed by atoms with Crippen LogP contribution >= 0.6 is 0 Å². The molecule has 0 spiro atoms. The van der Waals surface area contributed by atoms with Crippen LogP contribution in [0.4, 0.5) is 0 Å². The van der Waals surface area contributed by atoms with E-state index in [9.17, 15) is 5.11 Å². The fourth-order valence-electron chi connectivity index (χ4n) is 1.95. The van der Waals surface area contributed by atoms with Gasteiger partial charge in [-0.2, -0.15) is 0 Å². The van der Waals surface area contributed by atoms with Crippen LogP contribution in [0.25, 0.3) is 0 Å². The number of nitrogens with one attached hydrogen (secondary N) is 1. The summed E-state index contributed by atoms with van der Waals surface area (Å²) in [6, 6.07) is 7.94. The van der Waals surface area contributed by atoms with Crippen molar-refractivity contribution in [3.63, 3.8) is 0 Å². The summed E-state index contributed by atoms with van der Waals surface area (Å²) < 4.78 is 5.71. The molecule has 0 amide bonds. The molecule has 0 aliphatic rings. The Morgan fingerprint density at radius 1 is 1.21 bits per heavy atom. The third-order valence-corrected chi connectivity index (χ3v) is 2.87. The minimum Gasteiger partial charge on any atom is -0.492 e. The molecule has 0 bridgehead atoms. The van der Waals surface area contributed by atoms with Gasteiger partial charge in [0.15, 0.2) is 0 Å². The van der Waals surface area contributed by atoms with Crippen LogP contribution in [0.15, 0.2) is 24.3 Å². The van der Waals surface area contributed by atoms with Crippen LogP contribution in [0, 0.1) is 0 Å². The molecular formula is C15H25NO3. The highest BCUT2D eigenvalue weighted by molar-refractivity contribution is 5.27. The zero-order valence-electron chi connectivity index (χ0n) is 12.0. The van der Waals surface area contributed by atoms with Crippen molar-refractivity contribution in [1.29, 1.82) is 0 Å². The van der Waals surface area contributed by atoms with E-state index in [1.54, 1.807) is 0 Å². The van der Waals surface area contributed by atoms with E-state index in [2.05, 4.69) is 5.32 Å². The number of benzene rings is 1. The SMILES string of the molecule is CC(C)NC(C)(CO)COc1ccc(CCO)cc1. The Kier molecular flexibility index (Phi) is 6.28. The molecule has 0 aliphatic carbocycles. The number of rotatable bonds is 8. The largest absolute Gasteiger partial charge is 0.492 e. The predicted molar refractivity (Wildman–Crippen MR) is 76.5 cm³/mol. The van der Waals surface area contributed by atoms with Gasteiger partial charge in [0, 0.05) is 12.6 Å². The quantitative estimate of drug-likeness (QED) is 0.665. The first-order valence-corrected chi connectivity index (χ1v) is 6.70. The molecule has 0 saturated heterocycles. The lowest BCUT2D eigenvalue weighted by atomic mass is 10.0. The smallest absolute Gasteiger partial charge is 0.119 e. The van der Waals surface area contributed by atoms with Crippen LogP contribution in [0.2, 0.25) is 0 Å². The Balaban J connectivity index is 2.54. The molecule has 4 heteroatoms. The second-order valence-electron chi connectivity index (χ2n) is 5.42.